The summed E-state index contributed by atoms with van der Waals surface area (Å²) in [6, 6.07) is 2.16. The highest BCUT2D eigenvalue weighted by Gasteiger charge is 2.36. The van der Waals surface area contributed by atoms with Gasteiger partial charge in [-0.3, -0.25) is 4.68 Å². The van der Waals surface area contributed by atoms with Crippen LogP contribution in [0.1, 0.15) is 37.8 Å². The Morgan fingerprint density at radius 1 is 1.41 bits per heavy atom. The molecule has 0 unspecified atom stereocenters. The van der Waals surface area contributed by atoms with Gasteiger partial charge in [0.25, 0.3) is 0 Å². The number of nitrogens with zero attached hydrogens (tertiary/aromatic N) is 2. The number of hydrogen-bond acceptors (Lipinski definition) is 3. The zero-order valence-corrected chi connectivity index (χ0v) is 11.1. The van der Waals surface area contributed by atoms with Crippen LogP contribution in [0.25, 0.3) is 10.2 Å². The van der Waals surface area contributed by atoms with E-state index in [0.717, 1.165) is 6.54 Å². The van der Waals surface area contributed by atoms with Crippen molar-refractivity contribution in [3.8, 4) is 0 Å². The number of hydrogen-bond donors (Lipinski definition) is 1. The third kappa shape index (κ3) is 1.62. The number of thiophene rings is 1. The summed E-state index contributed by atoms with van der Waals surface area (Å²) in [6.45, 7) is 0.733. The fourth-order valence-electron chi connectivity index (χ4n) is 3.10. The molecule has 3 nitrogen and oxygen atoms in total. The van der Waals surface area contributed by atoms with Gasteiger partial charge in [-0.15, -0.1) is 11.3 Å². The second-order valence-corrected chi connectivity index (χ2v) is 6.07. The maximum Gasteiger partial charge on any atom is 0.0877 e. The van der Waals surface area contributed by atoms with Gasteiger partial charge in [-0.2, -0.15) is 5.10 Å². The molecule has 0 amide bonds. The second kappa shape index (κ2) is 4.10. The van der Waals surface area contributed by atoms with Gasteiger partial charge in [0.1, 0.15) is 0 Å². The second-order valence-electron chi connectivity index (χ2n) is 5.15. The van der Waals surface area contributed by atoms with Gasteiger partial charge >= 0.3 is 0 Å². The Morgan fingerprint density at radius 3 is 2.88 bits per heavy atom. The predicted molar refractivity (Wildman–Crippen MR) is 72.4 cm³/mol. The standard InChI is InChI=1S/C13H19N3S/c1-16-10-5-8-17-11(10)12(15-16)13(9-14)6-3-2-4-7-13/h5,8H,2-4,6-7,9,14H2,1H3. The van der Waals surface area contributed by atoms with E-state index in [1.807, 2.05) is 11.7 Å². The van der Waals surface area contributed by atoms with Crippen LogP contribution in [0, 0.1) is 0 Å². The zero-order valence-electron chi connectivity index (χ0n) is 10.3. The fraction of sp³-hybridized carbons (Fsp3) is 0.615. The van der Waals surface area contributed by atoms with E-state index in [1.165, 1.54) is 48.0 Å². The van der Waals surface area contributed by atoms with E-state index in [4.69, 9.17) is 10.8 Å². The molecule has 2 heterocycles. The fourth-order valence-corrected chi connectivity index (χ4v) is 4.12. The van der Waals surface area contributed by atoms with Gasteiger partial charge < -0.3 is 5.73 Å². The summed E-state index contributed by atoms with van der Waals surface area (Å²) in [7, 11) is 2.03. The Hall–Kier alpha value is -0.870. The molecule has 0 spiro atoms. The number of fused-ring (bicyclic) bond motifs is 1. The van der Waals surface area contributed by atoms with Crippen LogP contribution in [0.15, 0.2) is 11.4 Å². The van der Waals surface area contributed by atoms with Gasteiger partial charge in [0, 0.05) is 19.0 Å². The molecule has 0 radical (unpaired) electrons. The van der Waals surface area contributed by atoms with Gasteiger partial charge in [-0.25, -0.2) is 0 Å². The Labute approximate surface area is 106 Å². The third-order valence-corrected chi connectivity index (χ3v) is 5.07. The maximum absolute atomic E-state index is 6.09. The molecule has 2 aromatic rings. The Morgan fingerprint density at radius 2 is 2.18 bits per heavy atom. The number of aromatic nitrogens is 2. The van der Waals surface area contributed by atoms with E-state index in [9.17, 15) is 0 Å². The summed E-state index contributed by atoms with van der Waals surface area (Å²) in [5.41, 5.74) is 8.75. The highest BCUT2D eigenvalue weighted by atomic mass is 32.1. The summed E-state index contributed by atoms with van der Waals surface area (Å²) >= 11 is 1.80. The van der Waals surface area contributed by atoms with Gasteiger partial charge in [0.2, 0.25) is 0 Å². The van der Waals surface area contributed by atoms with Crippen molar-refractivity contribution in [2.45, 2.75) is 37.5 Å². The minimum Gasteiger partial charge on any atom is -0.330 e. The van der Waals surface area contributed by atoms with E-state index in [2.05, 4.69) is 11.4 Å². The molecule has 0 aromatic carbocycles. The molecule has 17 heavy (non-hydrogen) atoms. The molecule has 1 aliphatic carbocycles. The highest BCUT2D eigenvalue weighted by Crippen LogP contribution is 2.42. The molecule has 0 bridgehead atoms. The van der Waals surface area contributed by atoms with E-state index < -0.39 is 0 Å². The topological polar surface area (TPSA) is 43.8 Å². The first-order chi connectivity index (χ1) is 8.27. The van der Waals surface area contributed by atoms with Crippen LogP contribution in [0.5, 0.6) is 0 Å². The van der Waals surface area contributed by atoms with Gasteiger partial charge in [-0.05, 0) is 24.3 Å². The summed E-state index contributed by atoms with van der Waals surface area (Å²) in [4.78, 5) is 0. The summed E-state index contributed by atoms with van der Waals surface area (Å²) in [6.07, 6.45) is 6.34. The summed E-state index contributed by atoms with van der Waals surface area (Å²) in [5.74, 6) is 0. The van der Waals surface area contributed by atoms with Crippen molar-refractivity contribution in [2.24, 2.45) is 12.8 Å². The lowest BCUT2D eigenvalue weighted by Crippen LogP contribution is -2.37. The monoisotopic (exact) mass is 249 g/mol. The van der Waals surface area contributed by atoms with Crippen LogP contribution in [0.4, 0.5) is 0 Å². The van der Waals surface area contributed by atoms with Crippen LogP contribution in [-0.2, 0) is 12.5 Å². The molecule has 4 heteroatoms. The van der Waals surface area contributed by atoms with Gasteiger partial charge in [0.05, 0.1) is 15.9 Å². The SMILES string of the molecule is Cn1nc(C2(CN)CCCCC2)c2sccc21. The number of nitrogens with two attached hydrogens (primary N) is 1. The van der Waals surface area contributed by atoms with E-state index in [-0.39, 0.29) is 5.41 Å². The molecule has 0 aliphatic heterocycles. The molecule has 2 aromatic heterocycles. The first kappa shape index (κ1) is 11.2. The average molecular weight is 249 g/mol. The highest BCUT2D eigenvalue weighted by molar-refractivity contribution is 7.17. The largest absolute Gasteiger partial charge is 0.330 e. The first-order valence-corrected chi connectivity index (χ1v) is 7.25. The molecule has 1 fully saturated rings. The lowest BCUT2D eigenvalue weighted by molar-refractivity contribution is 0.294. The molecule has 92 valence electrons. The smallest absolute Gasteiger partial charge is 0.0877 e. The van der Waals surface area contributed by atoms with Crippen molar-refractivity contribution < 1.29 is 0 Å². The van der Waals surface area contributed by atoms with Crippen molar-refractivity contribution in [1.82, 2.24) is 9.78 Å². The molecule has 3 rings (SSSR count). The minimum absolute atomic E-state index is 0.141. The van der Waals surface area contributed by atoms with Crippen molar-refractivity contribution in [3.05, 3.63) is 17.1 Å². The summed E-state index contributed by atoms with van der Waals surface area (Å²) < 4.78 is 3.35. The normalized spacial score (nSPS) is 19.9. The quantitative estimate of drug-likeness (QED) is 0.889. The average Bonchev–Trinajstić information content (AvgIpc) is 2.95. The van der Waals surface area contributed by atoms with Crippen molar-refractivity contribution in [1.29, 1.82) is 0 Å². The third-order valence-electron chi connectivity index (χ3n) is 4.16. The first-order valence-electron chi connectivity index (χ1n) is 6.38. The van der Waals surface area contributed by atoms with Crippen LogP contribution in [0.3, 0.4) is 0 Å². The zero-order chi connectivity index (χ0) is 11.9. The maximum atomic E-state index is 6.09. The van der Waals surface area contributed by atoms with Crippen molar-refractivity contribution in [2.75, 3.05) is 6.54 Å². The number of rotatable bonds is 2. The lowest BCUT2D eigenvalue weighted by atomic mass is 9.72. The Balaban J connectivity index is 2.14. The Kier molecular flexibility index (Phi) is 2.71. The molecular formula is C13H19N3S. The molecular weight excluding hydrogens is 230 g/mol. The minimum atomic E-state index is 0.141. The van der Waals surface area contributed by atoms with Crippen molar-refractivity contribution >= 4 is 21.6 Å². The van der Waals surface area contributed by atoms with Crippen molar-refractivity contribution in [3.63, 3.8) is 0 Å². The number of aryl methyl sites for hydroxylation is 1. The summed E-state index contributed by atoms with van der Waals surface area (Å²) in [5, 5.41) is 6.92. The van der Waals surface area contributed by atoms with E-state index in [1.54, 1.807) is 11.3 Å². The molecule has 1 aliphatic rings. The van der Waals surface area contributed by atoms with Crippen LogP contribution < -0.4 is 5.73 Å². The molecule has 0 saturated heterocycles. The van der Waals surface area contributed by atoms with E-state index in [0.29, 0.717) is 0 Å². The van der Waals surface area contributed by atoms with Gasteiger partial charge in [0.15, 0.2) is 0 Å². The molecule has 0 atom stereocenters. The molecule has 2 N–H and O–H groups in total. The van der Waals surface area contributed by atoms with Gasteiger partial charge in [-0.1, -0.05) is 19.3 Å². The molecule has 1 saturated carbocycles. The predicted octanol–water partition coefficient (Wildman–Crippen LogP) is 2.80. The lowest BCUT2D eigenvalue weighted by Gasteiger charge is -2.34. The Bertz CT molecular complexity index is 520. The van der Waals surface area contributed by atoms with Crippen LogP contribution >= 0.6 is 11.3 Å². The van der Waals surface area contributed by atoms with Crippen LogP contribution in [-0.4, -0.2) is 16.3 Å². The van der Waals surface area contributed by atoms with E-state index >= 15 is 0 Å². The van der Waals surface area contributed by atoms with Crippen LogP contribution in [0.2, 0.25) is 0 Å².